The number of nitrogens with zero attached hydrogens (tertiary/aromatic N) is 1. The van der Waals surface area contributed by atoms with Crippen LogP contribution in [-0.4, -0.2) is 34.8 Å². The standard InChI is InChI=1S/C32H37Br2NO3/c1-30(2,3)21-11-13-27(36)24(19-21)32(23-9-7-8-10-26(23)35(17-15-33)29(32)37)25-20-22(31(4,5)6)12-14-28(25)38-18-16-34/h7-14,19-20,36H,15-18H2,1-6H3. The smallest absolute Gasteiger partial charge is 0.247 e. The van der Waals surface area contributed by atoms with E-state index in [9.17, 15) is 9.90 Å². The molecule has 1 unspecified atom stereocenters. The average molecular weight is 643 g/mol. The topological polar surface area (TPSA) is 49.8 Å². The van der Waals surface area contributed by atoms with Gasteiger partial charge in [0.05, 0.1) is 6.61 Å². The van der Waals surface area contributed by atoms with E-state index in [2.05, 4.69) is 85.5 Å². The Kier molecular flexibility index (Phi) is 8.07. The average Bonchev–Trinajstić information content (AvgIpc) is 3.10. The number of para-hydroxylation sites is 1. The molecular weight excluding hydrogens is 606 g/mol. The highest BCUT2D eigenvalue weighted by Gasteiger charge is 2.56. The lowest BCUT2D eigenvalue weighted by Gasteiger charge is -2.34. The Bertz CT molecular complexity index is 1340. The van der Waals surface area contributed by atoms with Crippen molar-refractivity contribution in [3.05, 3.63) is 88.5 Å². The summed E-state index contributed by atoms with van der Waals surface area (Å²) >= 11 is 7.04. The molecule has 3 aromatic rings. The fourth-order valence-corrected chi connectivity index (χ4v) is 5.81. The molecule has 0 saturated carbocycles. The zero-order valence-corrected chi connectivity index (χ0v) is 26.2. The van der Waals surface area contributed by atoms with Crippen LogP contribution in [0.25, 0.3) is 0 Å². The first-order chi connectivity index (χ1) is 17.9. The van der Waals surface area contributed by atoms with Crippen LogP contribution >= 0.6 is 31.9 Å². The molecule has 0 aromatic heterocycles. The molecule has 202 valence electrons. The summed E-state index contributed by atoms with van der Waals surface area (Å²) in [5.74, 6) is 0.644. The highest BCUT2D eigenvalue weighted by atomic mass is 79.9. The van der Waals surface area contributed by atoms with Crippen LogP contribution in [0.4, 0.5) is 5.69 Å². The number of hydrogen-bond acceptors (Lipinski definition) is 3. The summed E-state index contributed by atoms with van der Waals surface area (Å²) in [4.78, 5) is 16.7. The number of rotatable bonds is 7. The summed E-state index contributed by atoms with van der Waals surface area (Å²) in [7, 11) is 0. The lowest BCUT2D eigenvalue weighted by Crippen LogP contribution is -2.43. The van der Waals surface area contributed by atoms with Crippen LogP contribution < -0.4 is 9.64 Å². The van der Waals surface area contributed by atoms with Crippen LogP contribution in [-0.2, 0) is 21.0 Å². The minimum Gasteiger partial charge on any atom is -0.508 e. The molecule has 1 N–H and O–H groups in total. The van der Waals surface area contributed by atoms with E-state index < -0.39 is 5.41 Å². The van der Waals surface area contributed by atoms with Crippen molar-refractivity contribution in [2.45, 2.75) is 57.8 Å². The number of amides is 1. The van der Waals surface area contributed by atoms with Gasteiger partial charge in [0, 0.05) is 39.6 Å². The Labute approximate surface area is 243 Å². The predicted octanol–water partition coefficient (Wildman–Crippen LogP) is 7.84. The van der Waals surface area contributed by atoms with E-state index >= 15 is 0 Å². The molecule has 0 bridgehead atoms. The SMILES string of the molecule is CC(C)(C)c1ccc(O)c(C2(c3cc(C(C)(C)C)ccc3OCCBr)C(=O)N(CCBr)c3ccccc32)c1. The van der Waals surface area contributed by atoms with Crippen LogP contribution in [0.3, 0.4) is 0 Å². The third-order valence-electron chi connectivity index (χ3n) is 7.32. The molecule has 0 aliphatic carbocycles. The largest absolute Gasteiger partial charge is 0.508 e. The number of benzene rings is 3. The summed E-state index contributed by atoms with van der Waals surface area (Å²) in [6, 6.07) is 19.8. The molecule has 1 atom stereocenters. The third kappa shape index (κ3) is 4.90. The van der Waals surface area contributed by atoms with Crippen molar-refractivity contribution in [2.24, 2.45) is 0 Å². The Balaban J connectivity index is 2.20. The second kappa shape index (κ2) is 10.7. The summed E-state index contributed by atoms with van der Waals surface area (Å²) in [5, 5.41) is 12.8. The van der Waals surface area contributed by atoms with Crippen LogP contribution in [0, 0.1) is 0 Å². The van der Waals surface area contributed by atoms with E-state index in [0.717, 1.165) is 27.9 Å². The van der Waals surface area contributed by atoms with Crippen molar-refractivity contribution >= 4 is 43.5 Å². The van der Waals surface area contributed by atoms with E-state index in [1.54, 1.807) is 6.07 Å². The van der Waals surface area contributed by atoms with Crippen LogP contribution in [0.5, 0.6) is 11.5 Å². The van der Waals surface area contributed by atoms with E-state index in [-0.39, 0.29) is 22.5 Å². The van der Waals surface area contributed by atoms with Gasteiger partial charge < -0.3 is 14.7 Å². The minimum absolute atomic E-state index is 0.0886. The number of halogens is 2. The predicted molar refractivity (Wildman–Crippen MR) is 164 cm³/mol. The number of fused-ring (bicyclic) bond motifs is 1. The maximum atomic E-state index is 14.9. The molecule has 4 rings (SSSR count). The molecule has 1 amide bonds. The monoisotopic (exact) mass is 641 g/mol. The third-order valence-corrected chi connectivity index (χ3v) is 8.00. The molecule has 38 heavy (non-hydrogen) atoms. The number of carbonyl (C=O) groups excluding carboxylic acids is 1. The zero-order valence-electron chi connectivity index (χ0n) is 23.1. The van der Waals surface area contributed by atoms with Gasteiger partial charge in [-0.2, -0.15) is 0 Å². The highest BCUT2D eigenvalue weighted by molar-refractivity contribution is 9.09. The number of hydrogen-bond donors (Lipinski definition) is 1. The molecule has 0 spiro atoms. The van der Waals surface area contributed by atoms with Crippen molar-refractivity contribution < 1.29 is 14.6 Å². The number of ether oxygens (including phenoxy) is 1. The lowest BCUT2D eigenvalue weighted by molar-refractivity contribution is -0.120. The Morgan fingerprint density at radius 1 is 0.816 bits per heavy atom. The van der Waals surface area contributed by atoms with Gasteiger partial charge in [-0.15, -0.1) is 0 Å². The van der Waals surface area contributed by atoms with Crippen molar-refractivity contribution in [2.75, 3.05) is 28.7 Å². The molecule has 1 aliphatic heterocycles. The van der Waals surface area contributed by atoms with E-state index in [4.69, 9.17) is 4.74 Å². The normalized spacial score (nSPS) is 17.6. The van der Waals surface area contributed by atoms with Gasteiger partial charge in [0.1, 0.15) is 16.9 Å². The lowest BCUT2D eigenvalue weighted by atomic mass is 9.67. The Hall–Kier alpha value is -2.31. The molecular formula is C32H37Br2NO3. The second-order valence-corrected chi connectivity index (χ2v) is 13.5. The number of phenolic OH excluding ortho intramolecular Hbond substituents is 1. The maximum Gasteiger partial charge on any atom is 0.247 e. The number of anilines is 1. The van der Waals surface area contributed by atoms with Crippen LogP contribution in [0.2, 0.25) is 0 Å². The van der Waals surface area contributed by atoms with Gasteiger partial charge in [-0.3, -0.25) is 4.79 Å². The van der Waals surface area contributed by atoms with Gasteiger partial charge >= 0.3 is 0 Å². The fourth-order valence-electron chi connectivity index (χ4n) is 5.29. The summed E-state index contributed by atoms with van der Waals surface area (Å²) in [6.07, 6.45) is 0. The quantitative estimate of drug-likeness (QED) is 0.267. The van der Waals surface area contributed by atoms with Crippen molar-refractivity contribution in [3.8, 4) is 11.5 Å². The van der Waals surface area contributed by atoms with Gasteiger partial charge in [-0.1, -0.05) is 104 Å². The van der Waals surface area contributed by atoms with Crippen molar-refractivity contribution in [3.63, 3.8) is 0 Å². The number of phenols is 1. The van der Waals surface area contributed by atoms with E-state index in [1.165, 1.54) is 0 Å². The molecule has 6 heteroatoms. The summed E-state index contributed by atoms with van der Waals surface area (Å²) < 4.78 is 6.30. The van der Waals surface area contributed by atoms with Gasteiger partial charge in [0.2, 0.25) is 5.91 Å². The summed E-state index contributed by atoms with van der Waals surface area (Å²) in [6.45, 7) is 13.9. The fraction of sp³-hybridized carbons (Fsp3) is 0.406. The molecule has 3 aromatic carbocycles. The first-order valence-corrected chi connectivity index (χ1v) is 15.3. The Morgan fingerprint density at radius 3 is 2.03 bits per heavy atom. The highest BCUT2D eigenvalue weighted by Crippen LogP contribution is 2.55. The molecule has 0 fully saturated rings. The molecule has 0 saturated heterocycles. The number of aromatic hydroxyl groups is 1. The molecule has 1 aliphatic rings. The van der Waals surface area contributed by atoms with Gasteiger partial charge in [-0.25, -0.2) is 0 Å². The van der Waals surface area contributed by atoms with E-state index in [1.807, 2.05) is 47.4 Å². The Morgan fingerprint density at radius 2 is 1.42 bits per heavy atom. The van der Waals surface area contributed by atoms with E-state index in [0.29, 0.717) is 35.1 Å². The van der Waals surface area contributed by atoms with Crippen LogP contribution in [0.1, 0.15) is 69.4 Å². The van der Waals surface area contributed by atoms with Crippen molar-refractivity contribution in [1.82, 2.24) is 0 Å². The van der Waals surface area contributed by atoms with Gasteiger partial charge in [0.15, 0.2) is 0 Å². The molecule has 0 radical (unpaired) electrons. The molecule has 4 nitrogen and oxygen atoms in total. The van der Waals surface area contributed by atoms with Crippen molar-refractivity contribution in [1.29, 1.82) is 0 Å². The van der Waals surface area contributed by atoms with Crippen LogP contribution in [0.15, 0.2) is 60.7 Å². The van der Waals surface area contributed by atoms with Gasteiger partial charge in [0.25, 0.3) is 0 Å². The second-order valence-electron chi connectivity index (χ2n) is 11.9. The summed E-state index contributed by atoms with van der Waals surface area (Å²) in [5.41, 5.74) is 3.55. The zero-order chi connectivity index (χ0) is 27.9. The molecule has 1 heterocycles. The van der Waals surface area contributed by atoms with Gasteiger partial charge in [-0.05, 0) is 52.3 Å². The number of alkyl halides is 2. The minimum atomic E-state index is -1.28. The number of carbonyl (C=O) groups is 1. The first-order valence-electron chi connectivity index (χ1n) is 13.0. The first kappa shape index (κ1) is 28.7. The maximum absolute atomic E-state index is 14.9.